The van der Waals surface area contributed by atoms with Gasteiger partial charge in [-0.25, -0.2) is 0 Å². The first-order chi connectivity index (χ1) is 11.6. The van der Waals surface area contributed by atoms with E-state index in [9.17, 15) is 4.79 Å². The van der Waals surface area contributed by atoms with Crippen molar-refractivity contribution in [1.82, 2.24) is 10.2 Å². The SMILES string of the molecule is Cc1ccccc1[C@@H]1CNCC[C@H]1N(C)C(=O)c1ccc(Cl)cc1.Cl. The van der Waals surface area contributed by atoms with E-state index in [2.05, 4.69) is 36.5 Å². The van der Waals surface area contributed by atoms with Crippen LogP contribution in [0.25, 0.3) is 0 Å². The first-order valence-corrected chi connectivity index (χ1v) is 8.74. The number of hydrogen-bond acceptors (Lipinski definition) is 2. The molecule has 1 aliphatic rings. The number of nitrogens with zero attached hydrogens (tertiary/aromatic N) is 1. The van der Waals surface area contributed by atoms with Gasteiger partial charge in [0.1, 0.15) is 0 Å². The van der Waals surface area contributed by atoms with Crippen LogP contribution in [-0.2, 0) is 0 Å². The van der Waals surface area contributed by atoms with E-state index in [-0.39, 0.29) is 24.4 Å². The summed E-state index contributed by atoms with van der Waals surface area (Å²) in [6.07, 6.45) is 0.953. The number of carbonyl (C=O) groups is 1. The third kappa shape index (κ3) is 4.35. The zero-order valence-electron chi connectivity index (χ0n) is 14.5. The van der Waals surface area contributed by atoms with Crippen molar-refractivity contribution in [3.05, 3.63) is 70.2 Å². The monoisotopic (exact) mass is 378 g/mol. The van der Waals surface area contributed by atoms with Crippen molar-refractivity contribution in [3.63, 3.8) is 0 Å². The van der Waals surface area contributed by atoms with Gasteiger partial charge in [-0.15, -0.1) is 12.4 Å². The number of halogens is 2. The fraction of sp³-hybridized carbons (Fsp3) is 0.350. The number of nitrogens with one attached hydrogen (secondary N) is 1. The minimum atomic E-state index is 0. The number of hydrogen-bond donors (Lipinski definition) is 1. The Hall–Kier alpha value is -1.55. The Morgan fingerprint density at radius 1 is 1.16 bits per heavy atom. The summed E-state index contributed by atoms with van der Waals surface area (Å²) in [6.45, 7) is 3.97. The van der Waals surface area contributed by atoms with Gasteiger partial charge in [-0.2, -0.15) is 0 Å². The van der Waals surface area contributed by atoms with Gasteiger partial charge in [0.25, 0.3) is 5.91 Å². The van der Waals surface area contributed by atoms with Crippen molar-refractivity contribution in [3.8, 4) is 0 Å². The first kappa shape index (κ1) is 19.8. The summed E-state index contributed by atoms with van der Waals surface area (Å²) in [4.78, 5) is 14.8. The molecule has 0 unspecified atom stereocenters. The quantitative estimate of drug-likeness (QED) is 0.863. The predicted molar refractivity (Wildman–Crippen MR) is 106 cm³/mol. The third-order valence-electron chi connectivity index (χ3n) is 4.94. The van der Waals surface area contributed by atoms with Crippen molar-refractivity contribution < 1.29 is 4.79 Å². The molecule has 3 nitrogen and oxygen atoms in total. The van der Waals surface area contributed by atoms with E-state index in [0.29, 0.717) is 16.5 Å². The topological polar surface area (TPSA) is 32.3 Å². The summed E-state index contributed by atoms with van der Waals surface area (Å²) in [5, 5.41) is 4.12. The average molecular weight is 379 g/mol. The highest BCUT2D eigenvalue weighted by molar-refractivity contribution is 6.30. The number of benzene rings is 2. The van der Waals surface area contributed by atoms with Crippen molar-refractivity contribution >= 4 is 29.9 Å². The smallest absolute Gasteiger partial charge is 0.253 e. The van der Waals surface area contributed by atoms with E-state index < -0.39 is 0 Å². The van der Waals surface area contributed by atoms with Crippen molar-refractivity contribution in [2.24, 2.45) is 0 Å². The van der Waals surface area contributed by atoms with Gasteiger partial charge in [0, 0.05) is 36.1 Å². The molecule has 0 spiro atoms. The van der Waals surface area contributed by atoms with Gasteiger partial charge in [0.15, 0.2) is 0 Å². The molecule has 0 radical (unpaired) electrons. The summed E-state index contributed by atoms with van der Waals surface area (Å²) >= 11 is 5.93. The molecule has 0 bridgehead atoms. The van der Waals surface area contributed by atoms with Gasteiger partial charge in [0.2, 0.25) is 0 Å². The first-order valence-electron chi connectivity index (χ1n) is 8.37. The molecule has 0 saturated carbocycles. The minimum Gasteiger partial charge on any atom is -0.338 e. The zero-order chi connectivity index (χ0) is 17.1. The normalized spacial score (nSPS) is 19.8. The summed E-state index contributed by atoms with van der Waals surface area (Å²) < 4.78 is 0. The van der Waals surface area contributed by atoms with Gasteiger partial charge >= 0.3 is 0 Å². The molecule has 5 heteroatoms. The van der Waals surface area contributed by atoms with E-state index in [4.69, 9.17) is 11.6 Å². The number of rotatable bonds is 3. The van der Waals surface area contributed by atoms with Crippen LogP contribution >= 0.6 is 24.0 Å². The molecule has 0 aliphatic carbocycles. The Labute approximate surface area is 160 Å². The van der Waals surface area contributed by atoms with Crippen LogP contribution in [0.15, 0.2) is 48.5 Å². The summed E-state index contributed by atoms with van der Waals surface area (Å²) in [5.41, 5.74) is 3.29. The van der Waals surface area contributed by atoms with Crippen LogP contribution in [0.1, 0.15) is 33.8 Å². The van der Waals surface area contributed by atoms with E-state index in [1.165, 1.54) is 11.1 Å². The molecule has 1 N–H and O–H groups in total. The van der Waals surface area contributed by atoms with Gasteiger partial charge in [-0.3, -0.25) is 4.79 Å². The summed E-state index contributed by atoms with van der Waals surface area (Å²) in [6, 6.07) is 15.8. The molecule has 2 atom stereocenters. The van der Waals surface area contributed by atoms with Gasteiger partial charge in [-0.1, -0.05) is 35.9 Å². The van der Waals surface area contributed by atoms with E-state index in [0.717, 1.165) is 19.5 Å². The largest absolute Gasteiger partial charge is 0.338 e. The molecule has 0 aromatic heterocycles. The molecule has 1 aliphatic heterocycles. The molecule has 134 valence electrons. The molecule has 1 amide bonds. The van der Waals surface area contributed by atoms with Crippen LogP contribution in [0.2, 0.25) is 5.02 Å². The second kappa shape index (κ2) is 8.70. The maximum absolute atomic E-state index is 12.9. The van der Waals surface area contributed by atoms with Crippen molar-refractivity contribution in [2.75, 3.05) is 20.1 Å². The molecule has 2 aromatic rings. The van der Waals surface area contributed by atoms with E-state index in [1.807, 2.05) is 11.9 Å². The maximum atomic E-state index is 12.9. The lowest BCUT2D eigenvalue weighted by atomic mass is 9.83. The van der Waals surface area contributed by atoms with Crippen LogP contribution in [0.5, 0.6) is 0 Å². The van der Waals surface area contributed by atoms with Crippen LogP contribution < -0.4 is 5.32 Å². The van der Waals surface area contributed by atoms with Crippen LogP contribution in [0.4, 0.5) is 0 Å². The molecular formula is C20H24Cl2N2O. The lowest BCUT2D eigenvalue weighted by Gasteiger charge is -2.39. The highest BCUT2D eigenvalue weighted by atomic mass is 35.5. The summed E-state index contributed by atoms with van der Waals surface area (Å²) in [5.74, 6) is 0.360. The number of aryl methyl sites for hydroxylation is 1. The second-order valence-corrected chi connectivity index (χ2v) is 6.88. The number of amides is 1. The van der Waals surface area contributed by atoms with Crippen LogP contribution in [0.3, 0.4) is 0 Å². The Balaban J connectivity index is 0.00000225. The molecule has 2 aromatic carbocycles. The molecule has 3 rings (SSSR count). The Bertz CT molecular complexity index is 718. The van der Waals surface area contributed by atoms with Crippen LogP contribution in [-0.4, -0.2) is 37.0 Å². The van der Waals surface area contributed by atoms with Gasteiger partial charge in [0.05, 0.1) is 0 Å². The Kier molecular flexibility index (Phi) is 6.88. The second-order valence-electron chi connectivity index (χ2n) is 6.45. The number of piperidine rings is 1. The van der Waals surface area contributed by atoms with Crippen molar-refractivity contribution in [1.29, 1.82) is 0 Å². The van der Waals surface area contributed by atoms with Crippen LogP contribution in [0, 0.1) is 6.92 Å². The molecule has 25 heavy (non-hydrogen) atoms. The zero-order valence-corrected chi connectivity index (χ0v) is 16.1. The molecular weight excluding hydrogens is 355 g/mol. The summed E-state index contributed by atoms with van der Waals surface area (Å²) in [7, 11) is 1.91. The predicted octanol–water partition coefficient (Wildman–Crippen LogP) is 4.29. The lowest BCUT2D eigenvalue weighted by molar-refractivity contribution is 0.0679. The number of carbonyl (C=O) groups excluding carboxylic acids is 1. The standard InChI is InChI=1S/C20H23ClN2O.ClH/c1-14-5-3-4-6-17(14)18-13-22-12-11-19(18)23(2)20(24)15-7-9-16(21)10-8-15;/h3-10,18-19,22H,11-13H2,1-2H3;1H/t18-,19+;/m0./s1. The molecule has 1 heterocycles. The van der Waals surface area contributed by atoms with Gasteiger partial charge in [-0.05, 0) is 55.3 Å². The van der Waals surface area contributed by atoms with Gasteiger partial charge < -0.3 is 10.2 Å². The highest BCUT2D eigenvalue weighted by Crippen LogP contribution is 2.30. The van der Waals surface area contributed by atoms with Crippen molar-refractivity contribution in [2.45, 2.75) is 25.3 Å². The Morgan fingerprint density at radius 3 is 2.52 bits per heavy atom. The average Bonchev–Trinajstić information content (AvgIpc) is 2.62. The Morgan fingerprint density at radius 2 is 1.84 bits per heavy atom. The maximum Gasteiger partial charge on any atom is 0.253 e. The fourth-order valence-corrected chi connectivity index (χ4v) is 3.70. The van der Waals surface area contributed by atoms with E-state index in [1.54, 1.807) is 24.3 Å². The highest BCUT2D eigenvalue weighted by Gasteiger charge is 2.32. The molecule has 1 fully saturated rings. The third-order valence-corrected chi connectivity index (χ3v) is 5.19. The van der Waals surface area contributed by atoms with E-state index >= 15 is 0 Å². The molecule has 1 saturated heterocycles. The lowest BCUT2D eigenvalue weighted by Crippen LogP contribution is -2.49. The fourth-order valence-electron chi connectivity index (χ4n) is 3.58. The minimum absolute atomic E-state index is 0. The number of likely N-dealkylation sites (N-methyl/N-ethyl adjacent to an activating group) is 1.